The van der Waals surface area contributed by atoms with Crippen LogP contribution in [0.1, 0.15) is 11.1 Å². The van der Waals surface area contributed by atoms with Crippen molar-refractivity contribution < 1.29 is 13.2 Å². The molecule has 0 saturated carbocycles. The molecule has 0 aliphatic carbocycles. The lowest BCUT2D eigenvalue weighted by atomic mass is 9.87. The average Bonchev–Trinajstić information content (AvgIpc) is 3.79. The number of para-hydroxylation sites is 4. The van der Waals surface area contributed by atoms with Crippen LogP contribution in [0.25, 0.3) is 120 Å². The van der Waals surface area contributed by atoms with E-state index in [0.29, 0.717) is 5.39 Å². The average molecular weight is 791 g/mol. The lowest BCUT2D eigenvalue weighted by Crippen LogP contribution is -2.04. The molecule has 0 N–H and O–H groups in total. The third-order valence-electron chi connectivity index (χ3n) is 13.1. The Labute approximate surface area is 346 Å². The molecule has 5 heteroatoms. The molecular weight excluding hydrogens is 758 g/mol. The second-order valence-corrected chi connectivity index (χ2v) is 16.5. The number of fused-ring (bicyclic) bond motifs is 18. The molecule has 0 saturated heterocycles. The minimum atomic E-state index is -4.50. The van der Waals surface area contributed by atoms with Crippen LogP contribution in [0.15, 0.2) is 182 Å². The number of hydrogen-bond acceptors (Lipinski definition) is 0. The number of hydrogen-bond donors (Lipinski definition) is 0. The number of nitrogens with zero attached hydrogens (tertiary/aromatic N) is 2. The van der Waals surface area contributed by atoms with Gasteiger partial charge < -0.3 is 9.13 Å². The highest BCUT2D eigenvalue weighted by molar-refractivity contribution is 6.35. The maximum absolute atomic E-state index is 14.7. The summed E-state index contributed by atoms with van der Waals surface area (Å²) in [5.74, 6) is 0. The molecule has 0 atom stereocenters. The molecule has 0 fully saturated rings. The highest BCUT2D eigenvalue weighted by Crippen LogP contribution is 2.47. The SMILES string of the molecule is Cc1ccc2c(c1)c1cc3c(cc1c1cc4c5ccccc5n(-c5ccccc5)c4cc21)c1cc(C(F)(F)F)ccc1c1cc2c(cc31)c1ccccc1n2-c1ccccc1. The van der Waals surface area contributed by atoms with Gasteiger partial charge in [0.1, 0.15) is 0 Å². The summed E-state index contributed by atoms with van der Waals surface area (Å²) in [6, 6.07) is 62.1. The fourth-order valence-electron chi connectivity index (χ4n) is 10.4. The van der Waals surface area contributed by atoms with Crippen molar-refractivity contribution in [1.82, 2.24) is 9.13 Å². The number of alkyl halides is 3. The van der Waals surface area contributed by atoms with Gasteiger partial charge in [-0.15, -0.1) is 0 Å². The first kappa shape index (κ1) is 34.3. The van der Waals surface area contributed by atoms with Crippen LogP contribution in [0.3, 0.4) is 0 Å². The van der Waals surface area contributed by atoms with Gasteiger partial charge in [0.25, 0.3) is 0 Å². The zero-order chi connectivity index (χ0) is 40.7. The van der Waals surface area contributed by atoms with Gasteiger partial charge in [-0.1, -0.05) is 103 Å². The molecular formula is C56H33F3N2. The molecule has 0 aliphatic rings. The molecule has 13 aromatic rings. The van der Waals surface area contributed by atoms with Crippen molar-refractivity contribution in [3.05, 3.63) is 193 Å². The van der Waals surface area contributed by atoms with Crippen LogP contribution >= 0.6 is 0 Å². The first-order valence-electron chi connectivity index (χ1n) is 20.6. The third-order valence-corrected chi connectivity index (χ3v) is 13.1. The topological polar surface area (TPSA) is 9.86 Å². The van der Waals surface area contributed by atoms with Crippen LogP contribution in [-0.4, -0.2) is 9.13 Å². The van der Waals surface area contributed by atoms with Gasteiger partial charge >= 0.3 is 6.18 Å². The first-order chi connectivity index (χ1) is 29.8. The van der Waals surface area contributed by atoms with E-state index in [1.54, 1.807) is 6.07 Å². The van der Waals surface area contributed by atoms with Crippen LogP contribution in [0.5, 0.6) is 0 Å². The number of halogens is 3. The summed E-state index contributed by atoms with van der Waals surface area (Å²) in [5.41, 5.74) is 6.89. The smallest absolute Gasteiger partial charge is 0.309 e. The largest absolute Gasteiger partial charge is 0.416 e. The van der Waals surface area contributed by atoms with Crippen LogP contribution in [0, 0.1) is 6.92 Å². The zero-order valence-electron chi connectivity index (χ0n) is 32.8. The van der Waals surface area contributed by atoms with Gasteiger partial charge in [0, 0.05) is 32.9 Å². The molecule has 0 unspecified atom stereocenters. The van der Waals surface area contributed by atoms with Gasteiger partial charge in [-0.2, -0.15) is 13.2 Å². The highest BCUT2D eigenvalue weighted by Gasteiger charge is 2.31. The Morgan fingerprint density at radius 2 is 0.672 bits per heavy atom. The number of aromatic nitrogens is 2. The fourth-order valence-corrected chi connectivity index (χ4v) is 10.4. The van der Waals surface area contributed by atoms with E-state index in [9.17, 15) is 13.2 Å². The molecule has 0 spiro atoms. The molecule has 0 bridgehead atoms. The molecule has 0 aliphatic heterocycles. The van der Waals surface area contributed by atoms with E-state index in [0.717, 1.165) is 120 Å². The van der Waals surface area contributed by atoms with Crippen LogP contribution < -0.4 is 0 Å². The van der Waals surface area contributed by atoms with Gasteiger partial charge in [-0.25, -0.2) is 0 Å². The Hall–Kier alpha value is -7.63. The Morgan fingerprint density at radius 3 is 1.15 bits per heavy atom. The summed E-state index contributed by atoms with van der Waals surface area (Å²) in [4.78, 5) is 0. The van der Waals surface area contributed by atoms with Crippen LogP contribution in [0.2, 0.25) is 0 Å². The van der Waals surface area contributed by atoms with Crippen molar-refractivity contribution in [3.63, 3.8) is 0 Å². The summed E-state index contributed by atoms with van der Waals surface area (Å²) < 4.78 is 48.6. The molecule has 2 heterocycles. The summed E-state index contributed by atoms with van der Waals surface area (Å²) in [5, 5.41) is 16.0. The van der Waals surface area contributed by atoms with Gasteiger partial charge in [0.2, 0.25) is 0 Å². The van der Waals surface area contributed by atoms with E-state index in [2.05, 4.69) is 156 Å². The molecule has 288 valence electrons. The van der Waals surface area contributed by atoms with Crippen molar-refractivity contribution in [2.24, 2.45) is 0 Å². The van der Waals surface area contributed by atoms with Gasteiger partial charge in [-0.05, 0) is 156 Å². The van der Waals surface area contributed by atoms with Crippen molar-refractivity contribution in [2.75, 3.05) is 0 Å². The minimum absolute atomic E-state index is 0.584. The molecule has 11 aromatic carbocycles. The summed E-state index contributed by atoms with van der Waals surface area (Å²) in [6.45, 7) is 2.12. The maximum Gasteiger partial charge on any atom is 0.416 e. The quantitative estimate of drug-likeness (QED) is 0.122. The molecule has 2 aromatic heterocycles. The second-order valence-electron chi connectivity index (χ2n) is 16.5. The second kappa shape index (κ2) is 12.2. The van der Waals surface area contributed by atoms with Crippen molar-refractivity contribution >= 4 is 108 Å². The van der Waals surface area contributed by atoms with E-state index in [1.165, 1.54) is 12.1 Å². The Bertz CT molecular complexity index is 4030. The highest BCUT2D eigenvalue weighted by atomic mass is 19.4. The lowest BCUT2D eigenvalue weighted by molar-refractivity contribution is -0.137. The standard InChI is InChI=1S/C56H33F3N2/c1-32-20-22-36-40(24-32)42-26-45-43(27-44(42)46-28-50-38-16-8-10-18-52(38)60(54(50)30-48(36)46)34-12-4-2-5-13-34)41-25-33(56(57,58)59)21-23-37(41)49-31-55-51(29-47(45)49)39-17-9-11-19-53(39)61(55)35-14-6-3-7-15-35/h2-31H,1H3. The Balaban J connectivity index is 1.24. The fraction of sp³-hybridized carbons (Fsp3) is 0.0357. The Morgan fingerprint density at radius 1 is 0.295 bits per heavy atom. The van der Waals surface area contributed by atoms with Crippen LogP contribution in [-0.2, 0) is 6.18 Å². The lowest BCUT2D eigenvalue weighted by Gasteiger charge is -2.17. The summed E-state index contributed by atoms with van der Waals surface area (Å²) in [7, 11) is 0. The van der Waals surface area contributed by atoms with Crippen molar-refractivity contribution in [3.8, 4) is 11.4 Å². The summed E-state index contributed by atoms with van der Waals surface area (Å²) >= 11 is 0. The predicted octanol–water partition coefficient (Wildman–Crippen LogP) is 16.1. The van der Waals surface area contributed by atoms with E-state index >= 15 is 0 Å². The van der Waals surface area contributed by atoms with Crippen molar-refractivity contribution in [2.45, 2.75) is 13.1 Å². The summed E-state index contributed by atoms with van der Waals surface area (Å²) in [6.07, 6.45) is -4.50. The molecule has 0 amide bonds. The van der Waals surface area contributed by atoms with E-state index in [-0.39, 0.29) is 0 Å². The van der Waals surface area contributed by atoms with Gasteiger partial charge in [0.05, 0.1) is 27.6 Å². The van der Waals surface area contributed by atoms with Gasteiger partial charge in [-0.3, -0.25) is 0 Å². The van der Waals surface area contributed by atoms with E-state index < -0.39 is 11.7 Å². The van der Waals surface area contributed by atoms with E-state index in [1.807, 2.05) is 24.3 Å². The molecule has 61 heavy (non-hydrogen) atoms. The zero-order valence-corrected chi connectivity index (χ0v) is 32.8. The predicted molar refractivity (Wildman–Crippen MR) is 250 cm³/mol. The third kappa shape index (κ3) is 4.80. The molecule has 13 rings (SSSR count). The number of aryl methyl sites for hydroxylation is 1. The monoisotopic (exact) mass is 790 g/mol. The number of rotatable bonds is 2. The van der Waals surface area contributed by atoms with E-state index in [4.69, 9.17) is 0 Å². The first-order valence-corrected chi connectivity index (χ1v) is 20.6. The number of benzene rings is 11. The molecule has 0 radical (unpaired) electrons. The normalized spacial score (nSPS) is 12.6. The Kier molecular flexibility index (Phi) is 6.86. The molecule has 2 nitrogen and oxygen atoms in total. The minimum Gasteiger partial charge on any atom is -0.309 e. The van der Waals surface area contributed by atoms with Crippen molar-refractivity contribution in [1.29, 1.82) is 0 Å². The van der Waals surface area contributed by atoms with Gasteiger partial charge in [0.15, 0.2) is 0 Å². The maximum atomic E-state index is 14.7. The van der Waals surface area contributed by atoms with Crippen LogP contribution in [0.4, 0.5) is 13.2 Å².